The van der Waals surface area contributed by atoms with Crippen LogP contribution in [-0.4, -0.2) is 15.9 Å². The molecule has 0 aliphatic carbocycles. The number of hydrogen-bond acceptors (Lipinski definition) is 3. The van der Waals surface area contributed by atoms with Crippen molar-refractivity contribution in [2.45, 2.75) is 12.3 Å². The number of amidine groups is 1. The second kappa shape index (κ2) is 9.41. The minimum absolute atomic E-state index is 0.221. The topological polar surface area (TPSA) is 55.7 Å². The van der Waals surface area contributed by atoms with Gasteiger partial charge in [-0.25, -0.2) is 4.39 Å². The van der Waals surface area contributed by atoms with Gasteiger partial charge in [0.25, 0.3) is 0 Å². The molecule has 0 atom stereocenters. The van der Waals surface area contributed by atoms with Crippen LogP contribution in [0, 0.1) is 5.82 Å². The van der Waals surface area contributed by atoms with Crippen molar-refractivity contribution in [1.29, 1.82) is 0 Å². The van der Waals surface area contributed by atoms with Gasteiger partial charge in [-0.3, -0.25) is 0 Å². The fourth-order valence-electron chi connectivity index (χ4n) is 3.14. The van der Waals surface area contributed by atoms with Crippen LogP contribution in [0.25, 0.3) is 10.9 Å². The van der Waals surface area contributed by atoms with Crippen LogP contribution in [0.5, 0.6) is 0 Å². The third kappa shape index (κ3) is 5.15. The normalized spacial score (nSPS) is 12.1. The van der Waals surface area contributed by atoms with Crippen LogP contribution in [0.1, 0.15) is 16.7 Å². The van der Waals surface area contributed by atoms with Crippen molar-refractivity contribution < 1.29 is 4.39 Å². The van der Waals surface area contributed by atoms with Gasteiger partial charge in [-0.1, -0.05) is 60.3 Å². The highest BCUT2D eigenvalue weighted by Crippen LogP contribution is 2.19. The first-order chi connectivity index (χ1) is 14.7. The first kappa shape index (κ1) is 19.9. The number of thioether (sulfide) groups is 1. The Morgan fingerprint density at radius 1 is 0.967 bits per heavy atom. The van der Waals surface area contributed by atoms with Crippen LogP contribution in [0.15, 0.2) is 95.3 Å². The highest BCUT2D eigenvalue weighted by atomic mass is 32.2. The van der Waals surface area contributed by atoms with E-state index in [9.17, 15) is 4.39 Å². The first-order valence-electron chi connectivity index (χ1n) is 9.54. The van der Waals surface area contributed by atoms with E-state index in [0.717, 1.165) is 27.8 Å². The lowest BCUT2D eigenvalue weighted by Gasteiger charge is -2.06. The second-order valence-corrected chi connectivity index (χ2v) is 7.84. The summed E-state index contributed by atoms with van der Waals surface area (Å²) in [5.74, 6) is 0.543. The molecule has 3 aromatic carbocycles. The van der Waals surface area contributed by atoms with E-state index in [4.69, 9.17) is 5.73 Å². The first-order valence-corrected chi connectivity index (χ1v) is 10.5. The zero-order valence-electron chi connectivity index (χ0n) is 16.3. The molecule has 4 rings (SSSR count). The molecule has 0 saturated carbocycles. The van der Waals surface area contributed by atoms with Gasteiger partial charge in [0.2, 0.25) is 0 Å². The SMILES string of the molecule is NC(=NN=Cc1ccc2c(ccn2Cc2ccc(F)cc2)c1)SCc1ccccc1. The highest BCUT2D eigenvalue weighted by Gasteiger charge is 2.03. The van der Waals surface area contributed by atoms with Crippen molar-refractivity contribution in [2.75, 3.05) is 0 Å². The molecule has 0 bridgehead atoms. The van der Waals surface area contributed by atoms with Crippen molar-refractivity contribution in [3.63, 3.8) is 0 Å². The smallest absolute Gasteiger partial charge is 0.180 e. The van der Waals surface area contributed by atoms with Gasteiger partial charge >= 0.3 is 0 Å². The maximum absolute atomic E-state index is 13.1. The zero-order chi connectivity index (χ0) is 20.8. The second-order valence-electron chi connectivity index (χ2n) is 6.85. The van der Waals surface area contributed by atoms with Crippen LogP contribution in [0.3, 0.4) is 0 Å². The van der Waals surface area contributed by atoms with E-state index in [1.807, 2.05) is 30.5 Å². The van der Waals surface area contributed by atoms with Crippen molar-refractivity contribution in [1.82, 2.24) is 4.57 Å². The number of fused-ring (bicyclic) bond motifs is 1. The van der Waals surface area contributed by atoms with Crippen LogP contribution >= 0.6 is 11.8 Å². The van der Waals surface area contributed by atoms with E-state index in [1.165, 1.54) is 29.5 Å². The van der Waals surface area contributed by atoms with Crippen LogP contribution < -0.4 is 5.73 Å². The van der Waals surface area contributed by atoms with Crippen molar-refractivity contribution in [2.24, 2.45) is 15.9 Å². The molecular formula is C24H21FN4S. The molecule has 6 heteroatoms. The Morgan fingerprint density at radius 3 is 2.57 bits per heavy atom. The monoisotopic (exact) mass is 416 g/mol. The molecule has 30 heavy (non-hydrogen) atoms. The van der Waals surface area contributed by atoms with E-state index in [-0.39, 0.29) is 5.82 Å². The fourth-order valence-corrected chi connectivity index (χ4v) is 3.75. The molecule has 0 aliphatic heterocycles. The van der Waals surface area contributed by atoms with Gasteiger partial charge in [0.1, 0.15) is 5.82 Å². The molecule has 1 heterocycles. The lowest BCUT2D eigenvalue weighted by molar-refractivity contribution is 0.626. The molecular weight excluding hydrogens is 395 g/mol. The molecule has 0 fully saturated rings. The third-order valence-electron chi connectivity index (χ3n) is 4.65. The summed E-state index contributed by atoms with van der Waals surface area (Å²) in [7, 11) is 0. The van der Waals surface area contributed by atoms with E-state index < -0.39 is 0 Å². The lowest BCUT2D eigenvalue weighted by Crippen LogP contribution is -2.05. The van der Waals surface area contributed by atoms with Crippen LogP contribution in [-0.2, 0) is 12.3 Å². The molecule has 0 unspecified atom stereocenters. The molecule has 0 saturated heterocycles. The highest BCUT2D eigenvalue weighted by molar-refractivity contribution is 8.13. The Kier molecular flexibility index (Phi) is 6.25. The minimum atomic E-state index is -0.221. The number of benzene rings is 3. The summed E-state index contributed by atoms with van der Waals surface area (Å²) in [6, 6.07) is 24.9. The maximum atomic E-state index is 13.1. The minimum Gasteiger partial charge on any atom is -0.377 e. The summed E-state index contributed by atoms with van der Waals surface area (Å²) < 4.78 is 15.2. The fraction of sp³-hybridized carbons (Fsp3) is 0.0833. The summed E-state index contributed by atoms with van der Waals surface area (Å²) in [4.78, 5) is 0. The Morgan fingerprint density at radius 2 is 1.77 bits per heavy atom. The average Bonchev–Trinajstić information content (AvgIpc) is 3.16. The number of hydrogen-bond donors (Lipinski definition) is 1. The van der Waals surface area contributed by atoms with E-state index in [2.05, 4.69) is 45.1 Å². The predicted molar refractivity (Wildman–Crippen MR) is 124 cm³/mol. The van der Waals surface area contributed by atoms with Gasteiger partial charge < -0.3 is 10.3 Å². The van der Waals surface area contributed by atoms with Gasteiger partial charge in [-0.15, -0.1) is 5.10 Å². The quantitative estimate of drug-likeness (QED) is 0.260. The van der Waals surface area contributed by atoms with Crippen LogP contribution in [0.2, 0.25) is 0 Å². The van der Waals surface area contributed by atoms with E-state index >= 15 is 0 Å². The molecule has 0 spiro atoms. The molecule has 4 aromatic rings. The van der Waals surface area contributed by atoms with E-state index in [0.29, 0.717) is 11.7 Å². The van der Waals surface area contributed by atoms with E-state index in [1.54, 1.807) is 18.3 Å². The molecule has 1 aromatic heterocycles. The molecule has 0 radical (unpaired) electrons. The predicted octanol–water partition coefficient (Wildman–Crippen LogP) is 5.41. The Hall–Kier alpha value is -3.38. The van der Waals surface area contributed by atoms with Crippen molar-refractivity contribution in [3.8, 4) is 0 Å². The standard InChI is InChI=1S/C24H21FN4S/c25-22-9-6-18(7-10-22)16-29-13-12-21-14-20(8-11-23(21)29)15-27-28-24(26)30-17-19-4-2-1-3-5-19/h1-15H,16-17H2,(H2,26,28). The summed E-state index contributed by atoms with van der Waals surface area (Å²) in [6.07, 6.45) is 3.73. The van der Waals surface area contributed by atoms with Gasteiger partial charge in [-0.2, -0.15) is 5.10 Å². The van der Waals surface area contributed by atoms with Gasteiger partial charge in [0.15, 0.2) is 5.17 Å². The molecule has 2 N–H and O–H groups in total. The number of rotatable bonds is 6. The molecule has 0 amide bonds. The molecule has 0 aliphatic rings. The van der Waals surface area contributed by atoms with Gasteiger partial charge in [0.05, 0.1) is 6.21 Å². The average molecular weight is 417 g/mol. The van der Waals surface area contributed by atoms with Crippen molar-refractivity contribution in [3.05, 3.63) is 108 Å². The number of aromatic nitrogens is 1. The Labute approximate surface area is 178 Å². The number of halogens is 1. The lowest BCUT2D eigenvalue weighted by atomic mass is 10.1. The Bertz CT molecular complexity index is 1180. The summed E-state index contributed by atoms with van der Waals surface area (Å²) in [5, 5.41) is 9.73. The van der Waals surface area contributed by atoms with Gasteiger partial charge in [0, 0.05) is 29.4 Å². The summed E-state index contributed by atoms with van der Waals surface area (Å²) in [5.41, 5.74) is 10.2. The third-order valence-corrected chi connectivity index (χ3v) is 5.51. The van der Waals surface area contributed by atoms with Crippen LogP contribution in [0.4, 0.5) is 4.39 Å². The van der Waals surface area contributed by atoms with Gasteiger partial charge in [-0.05, 0) is 47.0 Å². The molecule has 4 nitrogen and oxygen atoms in total. The summed E-state index contributed by atoms with van der Waals surface area (Å²) in [6.45, 7) is 0.691. The summed E-state index contributed by atoms with van der Waals surface area (Å²) >= 11 is 1.46. The Balaban J connectivity index is 1.40. The largest absolute Gasteiger partial charge is 0.377 e. The van der Waals surface area contributed by atoms with Crippen molar-refractivity contribution >= 4 is 34.0 Å². The number of nitrogens with two attached hydrogens (primary N) is 1. The number of nitrogens with zero attached hydrogens (tertiary/aromatic N) is 3. The maximum Gasteiger partial charge on any atom is 0.180 e. The molecule has 150 valence electrons. The zero-order valence-corrected chi connectivity index (χ0v) is 17.1.